The number of rotatable bonds is 3. The fourth-order valence-electron chi connectivity index (χ4n) is 2.02. The molecule has 0 bridgehead atoms. The number of amides is 1. The minimum Gasteiger partial charge on any atom is -0.409 e. The standard InChI is InChI=1S/C13H16ClN3O3/c14-10-6-8(12(15)17-19)3-4-11(10)16-13(18)9-2-1-5-20-7-9/h3-4,6,9,19H,1-2,5,7H2,(H2,15,17)(H,16,18). The largest absolute Gasteiger partial charge is 0.409 e. The molecule has 1 aliphatic heterocycles. The van der Waals surface area contributed by atoms with E-state index in [1.807, 2.05) is 0 Å². The molecule has 108 valence electrons. The summed E-state index contributed by atoms with van der Waals surface area (Å²) in [6.45, 7) is 1.14. The Labute approximate surface area is 121 Å². The van der Waals surface area contributed by atoms with Gasteiger partial charge in [-0.05, 0) is 31.0 Å². The van der Waals surface area contributed by atoms with Crippen molar-refractivity contribution in [3.8, 4) is 0 Å². The second kappa shape index (κ2) is 6.58. The Balaban J connectivity index is 2.07. The van der Waals surface area contributed by atoms with Gasteiger partial charge in [0.2, 0.25) is 5.91 Å². The summed E-state index contributed by atoms with van der Waals surface area (Å²) in [5, 5.41) is 14.6. The van der Waals surface area contributed by atoms with E-state index in [2.05, 4.69) is 10.5 Å². The van der Waals surface area contributed by atoms with E-state index in [1.54, 1.807) is 12.1 Å². The van der Waals surface area contributed by atoms with Crippen LogP contribution in [0.4, 0.5) is 5.69 Å². The molecule has 2 rings (SSSR count). The molecule has 0 aliphatic carbocycles. The quantitative estimate of drug-likeness (QED) is 0.343. The lowest BCUT2D eigenvalue weighted by Crippen LogP contribution is -2.30. The highest BCUT2D eigenvalue weighted by atomic mass is 35.5. The number of carbonyl (C=O) groups excluding carboxylic acids is 1. The third-order valence-corrected chi connectivity index (χ3v) is 3.47. The zero-order chi connectivity index (χ0) is 14.5. The van der Waals surface area contributed by atoms with E-state index in [-0.39, 0.29) is 17.7 Å². The molecule has 6 nitrogen and oxygen atoms in total. The van der Waals surface area contributed by atoms with E-state index >= 15 is 0 Å². The molecule has 1 unspecified atom stereocenters. The van der Waals surface area contributed by atoms with E-state index in [4.69, 9.17) is 27.3 Å². The number of anilines is 1. The maximum atomic E-state index is 12.1. The van der Waals surface area contributed by atoms with Crippen LogP contribution in [0, 0.1) is 5.92 Å². The highest BCUT2D eigenvalue weighted by Crippen LogP contribution is 2.24. The van der Waals surface area contributed by atoms with Crippen molar-refractivity contribution >= 4 is 29.0 Å². The topological polar surface area (TPSA) is 96.9 Å². The van der Waals surface area contributed by atoms with Crippen LogP contribution in [0.5, 0.6) is 0 Å². The molecule has 0 spiro atoms. The highest BCUT2D eigenvalue weighted by molar-refractivity contribution is 6.34. The molecule has 0 radical (unpaired) electrons. The van der Waals surface area contributed by atoms with Gasteiger partial charge in [-0.3, -0.25) is 4.79 Å². The average molecular weight is 298 g/mol. The van der Waals surface area contributed by atoms with Crippen LogP contribution in [-0.2, 0) is 9.53 Å². The summed E-state index contributed by atoms with van der Waals surface area (Å²) in [4.78, 5) is 12.1. The van der Waals surface area contributed by atoms with Crippen molar-refractivity contribution in [2.75, 3.05) is 18.5 Å². The summed E-state index contributed by atoms with van der Waals surface area (Å²) >= 11 is 6.08. The zero-order valence-electron chi connectivity index (χ0n) is 10.8. The lowest BCUT2D eigenvalue weighted by molar-refractivity contribution is -0.123. The lowest BCUT2D eigenvalue weighted by atomic mass is 10.0. The van der Waals surface area contributed by atoms with Crippen LogP contribution in [0.2, 0.25) is 5.02 Å². The van der Waals surface area contributed by atoms with Gasteiger partial charge in [0, 0.05) is 12.2 Å². The monoisotopic (exact) mass is 297 g/mol. The van der Waals surface area contributed by atoms with E-state index in [0.717, 1.165) is 12.8 Å². The van der Waals surface area contributed by atoms with Gasteiger partial charge < -0.3 is 21.0 Å². The smallest absolute Gasteiger partial charge is 0.229 e. The van der Waals surface area contributed by atoms with Crippen LogP contribution >= 0.6 is 11.6 Å². The van der Waals surface area contributed by atoms with Gasteiger partial charge in [0.25, 0.3) is 0 Å². The Morgan fingerprint density at radius 2 is 2.35 bits per heavy atom. The Morgan fingerprint density at radius 3 is 2.95 bits per heavy atom. The van der Waals surface area contributed by atoms with Crippen LogP contribution in [0.1, 0.15) is 18.4 Å². The summed E-state index contributed by atoms with van der Waals surface area (Å²) in [5.41, 5.74) is 6.45. The highest BCUT2D eigenvalue weighted by Gasteiger charge is 2.22. The Bertz CT molecular complexity index is 528. The van der Waals surface area contributed by atoms with Gasteiger partial charge in [0.15, 0.2) is 5.84 Å². The van der Waals surface area contributed by atoms with Crippen LogP contribution in [0.15, 0.2) is 23.4 Å². The van der Waals surface area contributed by atoms with Crippen molar-refractivity contribution in [3.05, 3.63) is 28.8 Å². The fraction of sp³-hybridized carbons (Fsp3) is 0.385. The van der Waals surface area contributed by atoms with Gasteiger partial charge in [-0.15, -0.1) is 0 Å². The molecule has 1 amide bonds. The lowest BCUT2D eigenvalue weighted by Gasteiger charge is -2.21. The number of carbonyl (C=O) groups is 1. The number of hydrogen-bond donors (Lipinski definition) is 3. The van der Waals surface area contributed by atoms with Crippen LogP contribution in [-0.4, -0.2) is 30.2 Å². The molecule has 0 saturated carbocycles. The average Bonchev–Trinajstić information content (AvgIpc) is 2.49. The molecule has 1 aromatic carbocycles. The zero-order valence-corrected chi connectivity index (χ0v) is 11.6. The van der Waals surface area contributed by atoms with Gasteiger partial charge in [-0.1, -0.05) is 16.8 Å². The SMILES string of the molecule is N/C(=N/O)c1ccc(NC(=O)C2CCCOC2)c(Cl)c1. The van der Waals surface area contributed by atoms with E-state index < -0.39 is 0 Å². The van der Waals surface area contributed by atoms with Crippen molar-refractivity contribution in [3.63, 3.8) is 0 Å². The number of hydrogen-bond acceptors (Lipinski definition) is 4. The third-order valence-electron chi connectivity index (χ3n) is 3.16. The summed E-state index contributed by atoms with van der Waals surface area (Å²) in [6, 6.07) is 4.77. The van der Waals surface area contributed by atoms with Gasteiger partial charge in [0.05, 0.1) is 23.2 Å². The minimum absolute atomic E-state index is 0.0366. The van der Waals surface area contributed by atoms with Gasteiger partial charge >= 0.3 is 0 Å². The predicted molar refractivity (Wildman–Crippen MR) is 76.1 cm³/mol. The first-order chi connectivity index (χ1) is 9.61. The Hall–Kier alpha value is -1.79. The number of halogens is 1. The third kappa shape index (κ3) is 3.40. The van der Waals surface area contributed by atoms with Gasteiger partial charge in [-0.2, -0.15) is 0 Å². The van der Waals surface area contributed by atoms with E-state index in [1.165, 1.54) is 6.07 Å². The minimum atomic E-state index is -0.149. The maximum absolute atomic E-state index is 12.1. The van der Waals surface area contributed by atoms with Crippen LogP contribution in [0.25, 0.3) is 0 Å². The van der Waals surface area contributed by atoms with E-state index in [0.29, 0.717) is 29.5 Å². The Kier molecular flexibility index (Phi) is 4.81. The first-order valence-electron chi connectivity index (χ1n) is 6.28. The number of oxime groups is 1. The predicted octanol–water partition coefficient (Wildman–Crippen LogP) is 1.80. The number of nitrogens with zero attached hydrogens (tertiary/aromatic N) is 1. The number of nitrogens with two attached hydrogens (primary N) is 1. The number of ether oxygens (including phenoxy) is 1. The molecule has 20 heavy (non-hydrogen) atoms. The summed E-state index contributed by atoms with van der Waals surface area (Å²) < 4.78 is 5.28. The molecule has 1 aliphatic rings. The number of benzene rings is 1. The molecule has 1 saturated heterocycles. The molecule has 1 atom stereocenters. The summed E-state index contributed by atoms with van der Waals surface area (Å²) in [7, 11) is 0. The number of nitrogens with one attached hydrogen (secondary N) is 1. The summed E-state index contributed by atoms with van der Waals surface area (Å²) in [5.74, 6) is -0.294. The second-order valence-corrected chi connectivity index (χ2v) is 4.99. The molecule has 4 N–H and O–H groups in total. The molecule has 0 aromatic heterocycles. The van der Waals surface area contributed by atoms with Crippen LogP contribution in [0.3, 0.4) is 0 Å². The molecule has 1 aromatic rings. The van der Waals surface area contributed by atoms with Crippen molar-refractivity contribution in [1.29, 1.82) is 0 Å². The summed E-state index contributed by atoms with van der Waals surface area (Å²) in [6.07, 6.45) is 1.69. The first kappa shape index (κ1) is 14.6. The fourth-order valence-corrected chi connectivity index (χ4v) is 2.24. The Morgan fingerprint density at radius 1 is 1.55 bits per heavy atom. The van der Waals surface area contributed by atoms with Crippen molar-refractivity contribution in [2.24, 2.45) is 16.8 Å². The molecular formula is C13H16ClN3O3. The number of amidine groups is 1. The van der Waals surface area contributed by atoms with Crippen molar-refractivity contribution in [1.82, 2.24) is 0 Å². The van der Waals surface area contributed by atoms with Gasteiger partial charge in [-0.25, -0.2) is 0 Å². The van der Waals surface area contributed by atoms with Crippen molar-refractivity contribution < 1.29 is 14.7 Å². The first-order valence-corrected chi connectivity index (χ1v) is 6.65. The molecule has 7 heteroatoms. The molecule has 1 fully saturated rings. The maximum Gasteiger partial charge on any atom is 0.229 e. The molecular weight excluding hydrogens is 282 g/mol. The van der Waals surface area contributed by atoms with E-state index in [9.17, 15) is 4.79 Å². The van der Waals surface area contributed by atoms with Gasteiger partial charge in [0.1, 0.15) is 0 Å². The van der Waals surface area contributed by atoms with Crippen molar-refractivity contribution in [2.45, 2.75) is 12.8 Å². The second-order valence-electron chi connectivity index (χ2n) is 4.58. The normalized spacial score (nSPS) is 19.6. The van der Waals surface area contributed by atoms with Crippen LogP contribution < -0.4 is 11.1 Å². The molecule has 1 heterocycles.